The third kappa shape index (κ3) is 3.80. The second-order valence-electron chi connectivity index (χ2n) is 6.33. The molecule has 1 N–H and O–H groups in total. The van der Waals surface area contributed by atoms with Gasteiger partial charge in [-0.2, -0.15) is 0 Å². The number of nitrogens with zero attached hydrogens (tertiary/aromatic N) is 3. The highest BCUT2D eigenvalue weighted by molar-refractivity contribution is 6.30. The molecular weight excluding hydrogens is 372 g/mol. The van der Waals surface area contributed by atoms with Gasteiger partial charge in [0.05, 0.1) is 5.69 Å². The average molecular weight is 389 g/mol. The van der Waals surface area contributed by atoms with Crippen molar-refractivity contribution in [2.45, 2.75) is 6.92 Å². The summed E-state index contributed by atoms with van der Waals surface area (Å²) < 4.78 is 1.69. The molecule has 0 saturated carbocycles. The van der Waals surface area contributed by atoms with Gasteiger partial charge >= 0.3 is 0 Å². The summed E-state index contributed by atoms with van der Waals surface area (Å²) in [4.78, 5) is 17.2. The molecule has 0 aliphatic carbocycles. The van der Waals surface area contributed by atoms with Crippen LogP contribution in [0.2, 0.25) is 5.02 Å². The van der Waals surface area contributed by atoms with Gasteiger partial charge < -0.3 is 5.32 Å². The van der Waals surface area contributed by atoms with E-state index in [2.05, 4.69) is 15.4 Å². The lowest BCUT2D eigenvalue weighted by Gasteiger charge is -2.06. The van der Waals surface area contributed by atoms with E-state index in [1.807, 2.05) is 61.5 Å². The highest BCUT2D eigenvalue weighted by Crippen LogP contribution is 2.22. The standard InChI is InChI=1S/C22H17ClN4O/c1-15-7-13-19(14-8-15)27-21(16-5-3-2-4-6-16)25-20(26-27)22(28)24-18-11-9-17(23)10-12-18/h2-14H,1H3,(H,24,28). The van der Waals surface area contributed by atoms with Gasteiger partial charge in [0, 0.05) is 16.3 Å². The predicted octanol–water partition coefficient (Wildman–Crippen LogP) is 5.15. The third-order valence-electron chi connectivity index (χ3n) is 4.22. The second kappa shape index (κ2) is 7.66. The van der Waals surface area contributed by atoms with Crippen LogP contribution in [0.5, 0.6) is 0 Å². The van der Waals surface area contributed by atoms with Crippen LogP contribution in [0.15, 0.2) is 78.9 Å². The second-order valence-corrected chi connectivity index (χ2v) is 6.77. The molecule has 5 nitrogen and oxygen atoms in total. The molecular formula is C22H17ClN4O. The first kappa shape index (κ1) is 17.9. The molecule has 0 bridgehead atoms. The normalized spacial score (nSPS) is 10.6. The molecule has 1 aromatic heterocycles. The molecule has 28 heavy (non-hydrogen) atoms. The summed E-state index contributed by atoms with van der Waals surface area (Å²) in [5.74, 6) is 0.311. The van der Waals surface area contributed by atoms with Crippen molar-refractivity contribution in [2.75, 3.05) is 5.32 Å². The maximum absolute atomic E-state index is 12.7. The van der Waals surface area contributed by atoms with E-state index < -0.39 is 0 Å². The zero-order valence-electron chi connectivity index (χ0n) is 15.1. The molecule has 0 atom stereocenters. The van der Waals surface area contributed by atoms with E-state index in [-0.39, 0.29) is 11.7 Å². The molecule has 0 fully saturated rings. The van der Waals surface area contributed by atoms with Gasteiger partial charge in [0.25, 0.3) is 5.91 Å². The number of amides is 1. The van der Waals surface area contributed by atoms with E-state index in [1.54, 1.807) is 28.9 Å². The monoisotopic (exact) mass is 388 g/mol. The Morgan fingerprint density at radius 1 is 0.929 bits per heavy atom. The highest BCUT2D eigenvalue weighted by atomic mass is 35.5. The number of halogens is 1. The van der Waals surface area contributed by atoms with Gasteiger partial charge in [-0.05, 0) is 43.3 Å². The lowest BCUT2D eigenvalue weighted by Crippen LogP contribution is -2.14. The van der Waals surface area contributed by atoms with E-state index in [0.29, 0.717) is 16.5 Å². The van der Waals surface area contributed by atoms with Crippen molar-refractivity contribution < 1.29 is 4.79 Å². The Kier molecular flexibility index (Phi) is 4.91. The number of anilines is 1. The zero-order valence-corrected chi connectivity index (χ0v) is 15.9. The maximum atomic E-state index is 12.7. The fourth-order valence-electron chi connectivity index (χ4n) is 2.77. The Bertz CT molecular complexity index is 1100. The SMILES string of the molecule is Cc1ccc(-n2nc(C(=O)Nc3ccc(Cl)cc3)nc2-c2ccccc2)cc1. The van der Waals surface area contributed by atoms with Crippen molar-refractivity contribution in [1.29, 1.82) is 0 Å². The van der Waals surface area contributed by atoms with Gasteiger partial charge in [-0.3, -0.25) is 4.79 Å². The smallest absolute Gasteiger partial charge is 0.295 e. The van der Waals surface area contributed by atoms with Gasteiger partial charge in [0.2, 0.25) is 5.82 Å². The van der Waals surface area contributed by atoms with Crippen molar-refractivity contribution in [3.05, 3.63) is 95.3 Å². The molecule has 1 heterocycles. The summed E-state index contributed by atoms with van der Waals surface area (Å²) in [7, 11) is 0. The zero-order chi connectivity index (χ0) is 19.5. The lowest BCUT2D eigenvalue weighted by atomic mass is 10.2. The van der Waals surface area contributed by atoms with Crippen LogP contribution in [0, 0.1) is 6.92 Å². The molecule has 0 unspecified atom stereocenters. The molecule has 0 spiro atoms. The first-order chi connectivity index (χ1) is 13.6. The Morgan fingerprint density at radius 3 is 2.29 bits per heavy atom. The molecule has 0 radical (unpaired) electrons. The van der Waals surface area contributed by atoms with Crippen molar-refractivity contribution in [2.24, 2.45) is 0 Å². The van der Waals surface area contributed by atoms with E-state index in [0.717, 1.165) is 16.8 Å². The molecule has 0 aliphatic heterocycles. The average Bonchev–Trinajstić information content (AvgIpc) is 3.16. The number of hydrogen-bond donors (Lipinski definition) is 1. The van der Waals surface area contributed by atoms with Gasteiger partial charge in [-0.25, -0.2) is 9.67 Å². The largest absolute Gasteiger partial charge is 0.319 e. The van der Waals surface area contributed by atoms with Crippen LogP contribution in [0.4, 0.5) is 5.69 Å². The van der Waals surface area contributed by atoms with Gasteiger partial charge in [0.15, 0.2) is 5.82 Å². The highest BCUT2D eigenvalue weighted by Gasteiger charge is 2.19. The van der Waals surface area contributed by atoms with E-state index in [4.69, 9.17) is 11.6 Å². The summed E-state index contributed by atoms with van der Waals surface area (Å²) in [5, 5.41) is 7.87. The molecule has 138 valence electrons. The molecule has 6 heteroatoms. The van der Waals surface area contributed by atoms with Crippen LogP contribution in [-0.2, 0) is 0 Å². The first-order valence-electron chi connectivity index (χ1n) is 8.76. The van der Waals surface area contributed by atoms with Crippen LogP contribution < -0.4 is 5.32 Å². The number of carbonyl (C=O) groups is 1. The summed E-state index contributed by atoms with van der Waals surface area (Å²) in [6.45, 7) is 2.02. The minimum Gasteiger partial charge on any atom is -0.319 e. The maximum Gasteiger partial charge on any atom is 0.295 e. The van der Waals surface area contributed by atoms with Crippen LogP contribution in [-0.4, -0.2) is 20.7 Å². The van der Waals surface area contributed by atoms with E-state index in [1.165, 1.54) is 0 Å². The molecule has 1 amide bonds. The number of nitrogens with one attached hydrogen (secondary N) is 1. The number of rotatable bonds is 4. The Labute approximate surface area is 167 Å². The first-order valence-corrected chi connectivity index (χ1v) is 9.14. The fourth-order valence-corrected chi connectivity index (χ4v) is 2.89. The molecule has 4 aromatic rings. The molecule has 3 aromatic carbocycles. The molecule has 0 saturated heterocycles. The Morgan fingerprint density at radius 2 is 1.61 bits per heavy atom. The number of aromatic nitrogens is 3. The topological polar surface area (TPSA) is 59.8 Å². The van der Waals surface area contributed by atoms with Crippen LogP contribution in [0.1, 0.15) is 16.2 Å². The van der Waals surface area contributed by atoms with Crippen molar-refractivity contribution in [3.63, 3.8) is 0 Å². The fraction of sp³-hybridized carbons (Fsp3) is 0.0455. The van der Waals surface area contributed by atoms with Crippen molar-refractivity contribution >= 4 is 23.2 Å². The van der Waals surface area contributed by atoms with Gasteiger partial charge in [-0.1, -0.05) is 59.6 Å². The van der Waals surface area contributed by atoms with Gasteiger partial charge in [0.1, 0.15) is 0 Å². The summed E-state index contributed by atoms with van der Waals surface area (Å²) >= 11 is 5.90. The van der Waals surface area contributed by atoms with Crippen LogP contribution >= 0.6 is 11.6 Å². The number of carbonyl (C=O) groups excluding carboxylic acids is 1. The molecule has 0 aliphatic rings. The lowest BCUT2D eigenvalue weighted by molar-refractivity contribution is 0.101. The minimum atomic E-state index is -0.384. The summed E-state index contributed by atoms with van der Waals surface area (Å²) in [5.41, 5.74) is 3.48. The van der Waals surface area contributed by atoms with Crippen LogP contribution in [0.3, 0.4) is 0 Å². The van der Waals surface area contributed by atoms with Crippen molar-refractivity contribution in [3.8, 4) is 17.1 Å². The van der Waals surface area contributed by atoms with E-state index in [9.17, 15) is 4.79 Å². The van der Waals surface area contributed by atoms with E-state index >= 15 is 0 Å². The number of hydrogen-bond acceptors (Lipinski definition) is 3. The summed E-state index contributed by atoms with van der Waals surface area (Å²) in [6, 6.07) is 24.5. The molecule has 4 rings (SSSR count). The van der Waals surface area contributed by atoms with Crippen molar-refractivity contribution in [1.82, 2.24) is 14.8 Å². The van der Waals surface area contributed by atoms with Gasteiger partial charge in [-0.15, -0.1) is 5.10 Å². The number of aryl methyl sites for hydroxylation is 1. The minimum absolute atomic E-state index is 0.0920. The third-order valence-corrected chi connectivity index (χ3v) is 4.47. The summed E-state index contributed by atoms with van der Waals surface area (Å²) in [6.07, 6.45) is 0. The predicted molar refractivity (Wildman–Crippen MR) is 111 cm³/mol. The quantitative estimate of drug-likeness (QED) is 0.526. The van der Waals surface area contributed by atoms with Crippen LogP contribution in [0.25, 0.3) is 17.1 Å². The number of benzene rings is 3. The Balaban J connectivity index is 1.73. The Hall–Kier alpha value is -3.44.